The van der Waals surface area contributed by atoms with Crippen molar-refractivity contribution in [1.29, 1.82) is 0 Å². The molecule has 5 nitrogen and oxygen atoms in total. The lowest BCUT2D eigenvalue weighted by Gasteiger charge is -2.28. The molecule has 3 amide bonds. The summed E-state index contributed by atoms with van der Waals surface area (Å²) in [6.45, 7) is 6.56. The minimum absolute atomic E-state index is 0.0367. The van der Waals surface area contributed by atoms with Gasteiger partial charge in [0.2, 0.25) is 11.8 Å². The molecule has 1 atom stereocenters. The van der Waals surface area contributed by atoms with E-state index in [1.54, 1.807) is 4.90 Å². The Kier molecular flexibility index (Phi) is 7.03. The number of carbonyl (C=O) groups is 3. The SMILES string of the molecule is CCCC(=O)N(CCc1ccccc1)C1CC(=O)N(c2ccc(C(C)C)cc2)C1=O. The topological polar surface area (TPSA) is 57.7 Å². The van der Waals surface area contributed by atoms with Crippen molar-refractivity contribution in [2.45, 2.75) is 58.4 Å². The van der Waals surface area contributed by atoms with Gasteiger partial charge in [-0.2, -0.15) is 0 Å². The molecule has 1 aliphatic heterocycles. The molecule has 0 N–H and O–H groups in total. The zero-order valence-corrected chi connectivity index (χ0v) is 18.0. The van der Waals surface area contributed by atoms with Crippen molar-refractivity contribution in [3.05, 3.63) is 65.7 Å². The summed E-state index contributed by atoms with van der Waals surface area (Å²) in [5, 5.41) is 0. The average Bonchev–Trinajstić information content (AvgIpc) is 3.03. The Bertz CT molecular complexity index is 890. The maximum absolute atomic E-state index is 13.2. The van der Waals surface area contributed by atoms with E-state index in [-0.39, 0.29) is 24.1 Å². The van der Waals surface area contributed by atoms with Gasteiger partial charge in [0.1, 0.15) is 6.04 Å². The highest BCUT2D eigenvalue weighted by atomic mass is 16.2. The van der Waals surface area contributed by atoms with Crippen molar-refractivity contribution in [3.8, 4) is 0 Å². The summed E-state index contributed by atoms with van der Waals surface area (Å²) >= 11 is 0. The lowest BCUT2D eigenvalue weighted by Crippen LogP contribution is -2.46. The Morgan fingerprint density at radius 2 is 1.73 bits per heavy atom. The standard InChI is InChI=1S/C25H30N2O3/c1-4-8-23(28)26(16-15-19-9-6-5-7-10-19)22-17-24(29)27(25(22)30)21-13-11-20(12-14-21)18(2)3/h5-7,9-14,18,22H,4,8,15-17H2,1-3H3. The highest BCUT2D eigenvalue weighted by Gasteiger charge is 2.44. The van der Waals surface area contributed by atoms with Crippen LogP contribution in [0.5, 0.6) is 0 Å². The smallest absolute Gasteiger partial charge is 0.257 e. The number of hydrogen-bond acceptors (Lipinski definition) is 3. The molecule has 1 heterocycles. The van der Waals surface area contributed by atoms with Crippen LogP contribution in [0.15, 0.2) is 54.6 Å². The summed E-state index contributed by atoms with van der Waals surface area (Å²) in [6.07, 6.45) is 1.76. The van der Waals surface area contributed by atoms with Crippen molar-refractivity contribution in [1.82, 2.24) is 4.90 Å². The minimum atomic E-state index is -0.731. The summed E-state index contributed by atoms with van der Waals surface area (Å²) in [7, 11) is 0. The Balaban J connectivity index is 1.80. The fourth-order valence-electron chi connectivity index (χ4n) is 3.85. The van der Waals surface area contributed by atoms with Gasteiger partial charge in [-0.05, 0) is 42.0 Å². The number of imide groups is 1. The molecule has 0 radical (unpaired) electrons. The van der Waals surface area contributed by atoms with Crippen LogP contribution in [0.1, 0.15) is 57.1 Å². The average molecular weight is 407 g/mol. The molecule has 2 aromatic rings. The zero-order valence-electron chi connectivity index (χ0n) is 18.0. The van der Waals surface area contributed by atoms with Gasteiger partial charge in [0.15, 0.2) is 0 Å². The Morgan fingerprint density at radius 3 is 2.33 bits per heavy atom. The summed E-state index contributed by atoms with van der Waals surface area (Å²) in [6, 6.07) is 16.7. The van der Waals surface area contributed by atoms with Crippen LogP contribution in [0.25, 0.3) is 0 Å². The number of anilines is 1. The number of nitrogens with zero attached hydrogens (tertiary/aromatic N) is 2. The highest BCUT2D eigenvalue weighted by Crippen LogP contribution is 2.28. The first-order valence-electron chi connectivity index (χ1n) is 10.7. The second-order valence-corrected chi connectivity index (χ2v) is 8.11. The molecule has 30 heavy (non-hydrogen) atoms. The summed E-state index contributed by atoms with van der Waals surface area (Å²) < 4.78 is 0. The van der Waals surface area contributed by atoms with Crippen molar-refractivity contribution >= 4 is 23.4 Å². The molecular weight excluding hydrogens is 376 g/mol. The fourth-order valence-corrected chi connectivity index (χ4v) is 3.85. The van der Waals surface area contributed by atoms with Gasteiger partial charge in [0, 0.05) is 13.0 Å². The number of benzene rings is 2. The molecule has 0 bridgehead atoms. The molecule has 1 fully saturated rings. The van der Waals surface area contributed by atoms with E-state index in [1.165, 1.54) is 4.90 Å². The Hall–Kier alpha value is -2.95. The fraction of sp³-hybridized carbons (Fsp3) is 0.400. The predicted octanol–water partition coefficient (Wildman–Crippen LogP) is 4.31. The quantitative estimate of drug-likeness (QED) is 0.614. The molecular formula is C25H30N2O3. The number of carbonyl (C=O) groups excluding carboxylic acids is 3. The van der Waals surface area contributed by atoms with E-state index in [0.717, 1.165) is 11.1 Å². The van der Waals surface area contributed by atoms with E-state index in [9.17, 15) is 14.4 Å². The molecule has 1 unspecified atom stereocenters. The van der Waals surface area contributed by atoms with Crippen molar-refractivity contribution < 1.29 is 14.4 Å². The van der Waals surface area contributed by atoms with Crippen LogP contribution in [0.2, 0.25) is 0 Å². The van der Waals surface area contributed by atoms with E-state index < -0.39 is 6.04 Å². The predicted molar refractivity (Wildman–Crippen MR) is 118 cm³/mol. The van der Waals surface area contributed by atoms with Crippen molar-refractivity contribution in [2.75, 3.05) is 11.4 Å². The van der Waals surface area contributed by atoms with E-state index in [4.69, 9.17) is 0 Å². The monoisotopic (exact) mass is 406 g/mol. The van der Waals surface area contributed by atoms with Gasteiger partial charge in [-0.15, -0.1) is 0 Å². The van der Waals surface area contributed by atoms with Gasteiger partial charge in [-0.25, -0.2) is 4.90 Å². The van der Waals surface area contributed by atoms with Crippen LogP contribution in [0.3, 0.4) is 0 Å². The normalized spacial score (nSPS) is 16.4. The zero-order chi connectivity index (χ0) is 21.7. The maximum Gasteiger partial charge on any atom is 0.257 e. The van der Waals surface area contributed by atoms with Crippen molar-refractivity contribution in [2.24, 2.45) is 0 Å². The molecule has 1 aliphatic rings. The first kappa shape index (κ1) is 21.8. The number of amides is 3. The van der Waals surface area contributed by atoms with E-state index >= 15 is 0 Å². The lowest BCUT2D eigenvalue weighted by molar-refractivity contribution is -0.138. The molecule has 0 saturated carbocycles. The van der Waals surface area contributed by atoms with Crippen LogP contribution >= 0.6 is 0 Å². The third-order valence-electron chi connectivity index (χ3n) is 5.59. The molecule has 158 valence electrons. The molecule has 5 heteroatoms. The van der Waals surface area contributed by atoms with Gasteiger partial charge in [-0.3, -0.25) is 14.4 Å². The van der Waals surface area contributed by atoms with Crippen LogP contribution in [0.4, 0.5) is 5.69 Å². The molecule has 0 aromatic heterocycles. The molecule has 3 rings (SSSR count). The summed E-state index contributed by atoms with van der Waals surface area (Å²) in [4.78, 5) is 41.6. The summed E-state index contributed by atoms with van der Waals surface area (Å²) in [5.41, 5.74) is 2.82. The van der Waals surface area contributed by atoms with Gasteiger partial charge >= 0.3 is 0 Å². The molecule has 2 aromatic carbocycles. The van der Waals surface area contributed by atoms with E-state index in [1.807, 2.05) is 61.5 Å². The van der Waals surface area contributed by atoms with Crippen LogP contribution in [-0.4, -0.2) is 35.2 Å². The van der Waals surface area contributed by atoms with Crippen LogP contribution in [0, 0.1) is 0 Å². The van der Waals surface area contributed by atoms with Gasteiger partial charge in [0.25, 0.3) is 5.91 Å². The largest absolute Gasteiger partial charge is 0.330 e. The van der Waals surface area contributed by atoms with E-state index in [0.29, 0.717) is 37.4 Å². The number of hydrogen-bond donors (Lipinski definition) is 0. The Labute approximate surface area is 178 Å². The first-order valence-corrected chi connectivity index (χ1v) is 10.7. The molecule has 0 spiro atoms. The third kappa shape index (κ3) is 4.78. The highest BCUT2D eigenvalue weighted by molar-refractivity contribution is 6.23. The second-order valence-electron chi connectivity index (χ2n) is 8.11. The number of rotatable bonds is 8. The van der Waals surface area contributed by atoms with Crippen LogP contribution in [-0.2, 0) is 20.8 Å². The lowest BCUT2D eigenvalue weighted by atomic mass is 10.0. The van der Waals surface area contributed by atoms with Gasteiger partial charge in [0.05, 0.1) is 12.1 Å². The van der Waals surface area contributed by atoms with Crippen molar-refractivity contribution in [3.63, 3.8) is 0 Å². The second kappa shape index (κ2) is 9.70. The Morgan fingerprint density at radius 1 is 1.07 bits per heavy atom. The maximum atomic E-state index is 13.2. The minimum Gasteiger partial charge on any atom is -0.330 e. The first-order chi connectivity index (χ1) is 14.4. The third-order valence-corrected chi connectivity index (χ3v) is 5.59. The van der Waals surface area contributed by atoms with Gasteiger partial charge in [-0.1, -0.05) is 63.2 Å². The van der Waals surface area contributed by atoms with Crippen LogP contribution < -0.4 is 4.90 Å². The van der Waals surface area contributed by atoms with E-state index in [2.05, 4.69) is 13.8 Å². The van der Waals surface area contributed by atoms with Gasteiger partial charge < -0.3 is 4.90 Å². The summed E-state index contributed by atoms with van der Waals surface area (Å²) in [5.74, 6) is -0.264. The molecule has 0 aliphatic carbocycles. The molecule has 1 saturated heterocycles.